The van der Waals surface area contributed by atoms with E-state index in [0.717, 1.165) is 24.7 Å². The molecule has 0 radical (unpaired) electrons. The van der Waals surface area contributed by atoms with Crippen molar-refractivity contribution in [2.24, 2.45) is 0 Å². The summed E-state index contributed by atoms with van der Waals surface area (Å²) < 4.78 is 13.7. The first-order valence-electron chi connectivity index (χ1n) is 5.90. The fourth-order valence-corrected chi connectivity index (χ4v) is 2.74. The SMILES string of the molecule is CCCCN(CCBr)C(=O)c1ccc(F)cc1I. The maximum Gasteiger partial charge on any atom is 0.254 e. The highest BCUT2D eigenvalue weighted by Crippen LogP contribution is 2.16. The van der Waals surface area contributed by atoms with E-state index in [4.69, 9.17) is 0 Å². The molecule has 0 heterocycles. The third-order valence-electron chi connectivity index (χ3n) is 2.58. The van der Waals surface area contributed by atoms with Crippen LogP contribution in [0.1, 0.15) is 30.1 Å². The molecule has 0 aliphatic rings. The number of alkyl halides is 1. The van der Waals surface area contributed by atoms with Gasteiger partial charge in [-0.05, 0) is 47.2 Å². The Labute approximate surface area is 129 Å². The van der Waals surface area contributed by atoms with Gasteiger partial charge in [-0.3, -0.25) is 4.79 Å². The molecule has 1 aromatic carbocycles. The monoisotopic (exact) mass is 427 g/mol. The van der Waals surface area contributed by atoms with E-state index >= 15 is 0 Å². The molecule has 0 fully saturated rings. The Morgan fingerprint density at radius 1 is 1.44 bits per heavy atom. The van der Waals surface area contributed by atoms with Gasteiger partial charge in [0.25, 0.3) is 5.91 Å². The first kappa shape index (κ1) is 15.9. The third kappa shape index (κ3) is 4.50. The number of unbranched alkanes of at least 4 members (excludes halogenated alkanes) is 1. The van der Waals surface area contributed by atoms with E-state index in [1.165, 1.54) is 12.1 Å². The Bertz CT molecular complexity index is 414. The molecule has 0 bridgehead atoms. The Morgan fingerprint density at radius 3 is 2.72 bits per heavy atom. The first-order valence-corrected chi connectivity index (χ1v) is 8.10. The zero-order valence-corrected chi connectivity index (χ0v) is 14.0. The number of hydrogen-bond acceptors (Lipinski definition) is 1. The number of carbonyl (C=O) groups excluding carboxylic acids is 1. The van der Waals surface area contributed by atoms with Crippen LogP contribution in [-0.4, -0.2) is 29.2 Å². The van der Waals surface area contributed by atoms with Crippen LogP contribution in [0.3, 0.4) is 0 Å². The molecule has 0 aliphatic carbocycles. The van der Waals surface area contributed by atoms with Crippen molar-refractivity contribution in [1.29, 1.82) is 0 Å². The summed E-state index contributed by atoms with van der Waals surface area (Å²) in [5, 5.41) is 0.750. The van der Waals surface area contributed by atoms with Gasteiger partial charge in [-0.1, -0.05) is 29.3 Å². The number of benzene rings is 1. The molecule has 1 rings (SSSR count). The van der Waals surface area contributed by atoms with Crippen molar-refractivity contribution in [3.05, 3.63) is 33.1 Å². The van der Waals surface area contributed by atoms with E-state index in [0.29, 0.717) is 15.7 Å². The summed E-state index contributed by atoms with van der Waals surface area (Å²) in [6.07, 6.45) is 2.03. The summed E-state index contributed by atoms with van der Waals surface area (Å²) in [4.78, 5) is 14.2. The van der Waals surface area contributed by atoms with E-state index in [1.807, 2.05) is 27.5 Å². The van der Waals surface area contributed by atoms with Crippen LogP contribution in [-0.2, 0) is 0 Å². The molecule has 0 N–H and O–H groups in total. The van der Waals surface area contributed by atoms with Crippen LogP contribution in [0.5, 0.6) is 0 Å². The zero-order valence-electron chi connectivity index (χ0n) is 10.3. The van der Waals surface area contributed by atoms with Crippen molar-refractivity contribution >= 4 is 44.4 Å². The second-order valence-corrected chi connectivity index (χ2v) is 5.91. The molecule has 0 aliphatic heterocycles. The average Bonchev–Trinajstić information content (AvgIpc) is 2.33. The summed E-state index contributed by atoms with van der Waals surface area (Å²) in [6.45, 7) is 3.51. The molecule has 0 saturated carbocycles. The largest absolute Gasteiger partial charge is 0.338 e. The Balaban J connectivity index is 2.87. The summed E-state index contributed by atoms with van der Waals surface area (Å²) in [7, 11) is 0. The fourth-order valence-electron chi connectivity index (χ4n) is 1.60. The van der Waals surface area contributed by atoms with Gasteiger partial charge in [0.1, 0.15) is 5.82 Å². The van der Waals surface area contributed by atoms with Gasteiger partial charge in [0.05, 0.1) is 5.56 Å². The van der Waals surface area contributed by atoms with Crippen LogP contribution in [0.15, 0.2) is 18.2 Å². The lowest BCUT2D eigenvalue weighted by Crippen LogP contribution is -2.34. The van der Waals surface area contributed by atoms with Crippen LogP contribution >= 0.6 is 38.5 Å². The molecule has 0 saturated heterocycles. The number of amides is 1. The van der Waals surface area contributed by atoms with Gasteiger partial charge in [0.2, 0.25) is 0 Å². The van der Waals surface area contributed by atoms with Gasteiger partial charge in [-0.15, -0.1) is 0 Å². The minimum atomic E-state index is -0.309. The molecule has 0 atom stereocenters. The smallest absolute Gasteiger partial charge is 0.254 e. The molecule has 100 valence electrons. The minimum Gasteiger partial charge on any atom is -0.338 e. The van der Waals surface area contributed by atoms with E-state index < -0.39 is 0 Å². The lowest BCUT2D eigenvalue weighted by Gasteiger charge is -2.22. The maximum atomic E-state index is 13.0. The van der Waals surface area contributed by atoms with Gasteiger partial charge < -0.3 is 4.90 Å². The molecule has 1 aromatic rings. The molecule has 0 unspecified atom stereocenters. The quantitative estimate of drug-likeness (QED) is 0.495. The summed E-state index contributed by atoms with van der Waals surface area (Å²) in [5.74, 6) is -0.330. The fraction of sp³-hybridized carbons (Fsp3) is 0.462. The topological polar surface area (TPSA) is 20.3 Å². The molecule has 2 nitrogen and oxygen atoms in total. The summed E-state index contributed by atoms with van der Waals surface area (Å²) >= 11 is 5.36. The molecule has 0 spiro atoms. The van der Waals surface area contributed by atoms with Crippen molar-refractivity contribution in [1.82, 2.24) is 4.90 Å². The van der Waals surface area contributed by atoms with Crippen LogP contribution < -0.4 is 0 Å². The molecule has 5 heteroatoms. The standard InChI is InChI=1S/C13H16BrFINO/c1-2-3-7-17(8-6-14)13(18)11-5-4-10(15)9-12(11)16/h4-5,9H,2-3,6-8H2,1H3. The van der Waals surface area contributed by atoms with Gasteiger partial charge >= 0.3 is 0 Å². The van der Waals surface area contributed by atoms with E-state index in [-0.39, 0.29) is 11.7 Å². The number of hydrogen-bond donors (Lipinski definition) is 0. The third-order valence-corrected chi connectivity index (χ3v) is 3.83. The molecule has 18 heavy (non-hydrogen) atoms. The van der Waals surface area contributed by atoms with Crippen molar-refractivity contribution in [2.45, 2.75) is 19.8 Å². The highest BCUT2D eigenvalue weighted by Gasteiger charge is 2.17. The van der Waals surface area contributed by atoms with Crippen molar-refractivity contribution in [3.8, 4) is 0 Å². The summed E-state index contributed by atoms with van der Waals surface area (Å²) in [5.41, 5.74) is 0.578. The number of carbonyl (C=O) groups is 1. The van der Waals surface area contributed by atoms with E-state index in [9.17, 15) is 9.18 Å². The van der Waals surface area contributed by atoms with Gasteiger partial charge in [0, 0.05) is 22.0 Å². The minimum absolute atomic E-state index is 0.0210. The lowest BCUT2D eigenvalue weighted by molar-refractivity contribution is 0.0763. The van der Waals surface area contributed by atoms with E-state index in [1.54, 1.807) is 6.07 Å². The van der Waals surface area contributed by atoms with Crippen LogP contribution in [0.25, 0.3) is 0 Å². The van der Waals surface area contributed by atoms with Gasteiger partial charge in [0.15, 0.2) is 0 Å². The van der Waals surface area contributed by atoms with Gasteiger partial charge in [-0.2, -0.15) is 0 Å². The Hall–Kier alpha value is -0.170. The molecule has 1 amide bonds. The summed E-state index contributed by atoms with van der Waals surface area (Å²) in [6, 6.07) is 4.29. The second-order valence-electron chi connectivity index (χ2n) is 3.96. The Morgan fingerprint density at radius 2 is 2.17 bits per heavy atom. The highest BCUT2D eigenvalue weighted by atomic mass is 127. The number of halogens is 3. The van der Waals surface area contributed by atoms with Crippen LogP contribution in [0, 0.1) is 9.39 Å². The predicted octanol–water partition coefficient (Wildman–Crippen LogP) is 4.07. The Kier molecular flexibility index (Phi) is 7.14. The van der Waals surface area contributed by atoms with E-state index in [2.05, 4.69) is 22.9 Å². The number of nitrogens with zero attached hydrogens (tertiary/aromatic N) is 1. The average molecular weight is 428 g/mol. The van der Waals surface area contributed by atoms with Crippen LogP contribution in [0.4, 0.5) is 4.39 Å². The number of rotatable bonds is 6. The normalized spacial score (nSPS) is 10.4. The first-order chi connectivity index (χ1) is 8.60. The highest BCUT2D eigenvalue weighted by molar-refractivity contribution is 14.1. The molecule has 0 aromatic heterocycles. The van der Waals surface area contributed by atoms with Gasteiger partial charge in [-0.25, -0.2) is 4.39 Å². The predicted molar refractivity (Wildman–Crippen MR) is 83.7 cm³/mol. The van der Waals surface area contributed by atoms with Crippen LogP contribution in [0.2, 0.25) is 0 Å². The zero-order chi connectivity index (χ0) is 13.5. The molecular weight excluding hydrogens is 412 g/mol. The lowest BCUT2D eigenvalue weighted by atomic mass is 10.2. The second kappa shape index (κ2) is 8.09. The van der Waals surface area contributed by atoms with Crippen molar-refractivity contribution in [3.63, 3.8) is 0 Å². The van der Waals surface area contributed by atoms with Crippen molar-refractivity contribution < 1.29 is 9.18 Å². The maximum absolute atomic E-state index is 13.0. The van der Waals surface area contributed by atoms with Crippen molar-refractivity contribution in [2.75, 3.05) is 18.4 Å². The molecular formula is C13H16BrFINO.